The van der Waals surface area contributed by atoms with Crippen LogP contribution in [-0.2, 0) is 16.5 Å². The van der Waals surface area contributed by atoms with Crippen molar-refractivity contribution in [3.63, 3.8) is 0 Å². The van der Waals surface area contributed by atoms with E-state index < -0.39 is 17.7 Å². The van der Waals surface area contributed by atoms with Crippen molar-refractivity contribution in [3.8, 4) is 0 Å². The number of carbonyl (C=O) groups is 2. The third kappa shape index (κ3) is 5.76. The van der Waals surface area contributed by atoms with Crippen molar-refractivity contribution in [3.05, 3.63) is 29.6 Å². The van der Waals surface area contributed by atoms with Crippen LogP contribution in [-0.4, -0.2) is 35.4 Å². The number of aryl methyl sites for hydroxylation is 1. The summed E-state index contributed by atoms with van der Waals surface area (Å²) >= 11 is 0. The molecular formula is C18H28N2O4. The van der Waals surface area contributed by atoms with E-state index in [2.05, 4.69) is 5.32 Å². The maximum absolute atomic E-state index is 12.0. The van der Waals surface area contributed by atoms with Crippen molar-refractivity contribution in [2.75, 3.05) is 7.11 Å². The molecule has 134 valence electrons. The largest absolute Gasteiger partial charge is 0.464 e. The molecule has 0 aromatic carbocycles. The number of nitrogens with one attached hydrogen (secondary N) is 1. The molecule has 0 saturated heterocycles. The van der Waals surface area contributed by atoms with E-state index in [-0.39, 0.29) is 12.0 Å². The quantitative estimate of drug-likeness (QED) is 0.837. The summed E-state index contributed by atoms with van der Waals surface area (Å²) in [4.78, 5) is 23.8. The average molecular weight is 336 g/mol. The van der Waals surface area contributed by atoms with Gasteiger partial charge in [0.1, 0.15) is 11.3 Å². The Labute approximate surface area is 143 Å². The molecule has 1 amide bonds. The Morgan fingerprint density at radius 2 is 1.92 bits per heavy atom. The van der Waals surface area contributed by atoms with Crippen LogP contribution in [0, 0.1) is 5.92 Å². The molecule has 6 nitrogen and oxygen atoms in total. The molecule has 0 radical (unpaired) electrons. The number of rotatable bonds is 5. The molecular weight excluding hydrogens is 308 g/mol. The zero-order chi connectivity index (χ0) is 18.5. The highest BCUT2D eigenvalue weighted by molar-refractivity contribution is 5.92. The first kappa shape index (κ1) is 19.8. The maximum Gasteiger partial charge on any atom is 0.408 e. The molecule has 1 atom stereocenters. The summed E-state index contributed by atoms with van der Waals surface area (Å²) in [5.74, 6) is -0.234. The Hall–Kier alpha value is -2.24. The molecule has 1 aromatic rings. The standard InChI is InChI=1S/C18H28N2O4/c1-12(2)14(19-17(22)24-18(3,4)5)9-8-13-10-11-20(6)15(13)16(21)23-7/h8-12,14H,1-7H3,(H,19,22)/b9-8+. The topological polar surface area (TPSA) is 69.6 Å². The summed E-state index contributed by atoms with van der Waals surface area (Å²) in [5.41, 5.74) is 0.654. The van der Waals surface area contributed by atoms with Crippen LogP contribution in [0.3, 0.4) is 0 Å². The van der Waals surface area contributed by atoms with Crippen LogP contribution in [0.1, 0.15) is 50.7 Å². The van der Waals surface area contributed by atoms with E-state index in [4.69, 9.17) is 9.47 Å². The van der Waals surface area contributed by atoms with Crippen molar-refractivity contribution in [1.29, 1.82) is 0 Å². The number of hydrogen-bond donors (Lipinski definition) is 1. The highest BCUT2D eigenvalue weighted by Crippen LogP contribution is 2.15. The normalized spacial score (nSPS) is 13.2. The second kappa shape index (κ2) is 8.04. The smallest absolute Gasteiger partial charge is 0.408 e. The molecule has 0 fully saturated rings. The molecule has 1 unspecified atom stereocenters. The Bertz CT molecular complexity index is 609. The van der Waals surface area contributed by atoms with Gasteiger partial charge in [0.25, 0.3) is 0 Å². The van der Waals surface area contributed by atoms with Gasteiger partial charge in [-0.25, -0.2) is 9.59 Å². The fourth-order valence-corrected chi connectivity index (χ4v) is 2.13. The van der Waals surface area contributed by atoms with Gasteiger partial charge < -0.3 is 19.4 Å². The minimum Gasteiger partial charge on any atom is -0.464 e. The van der Waals surface area contributed by atoms with Crippen LogP contribution < -0.4 is 5.32 Å². The molecule has 0 spiro atoms. The van der Waals surface area contributed by atoms with Gasteiger partial charge >= 0.3 is 12.1 Å². The van der Waals surface area contributed by atoms with Gasteiger partial charge in [-0.1, -0.05) is 26.0 Å². The first-order chi connectivity index (χ1) is 11.0. The summed E-state index contributed by atoms with van der Waals surface area (Å²) in [6.45, 7) is 9.45. The summed E-state index contributed by atoms with van der Waals surface area (Å²) in [7, 11) is 3.13. The fraction of sp³-hybridized carbons (Fsp3) is 0.556. The molecule has 1 N–H and O–H groups in total. The minimum absolute atomic E-state index is 0.166. The third-order valence-corrected chi connectivity index (χ3v) is 3.37. The zero-order valence-corrected chi connectivity index (χ0v) is 15.5. The lowest BCUT2D eigenvalue weighted by molar-refractivity contribution is 0.0503. The lowest BCUT2D eigenvalue weighted by Crippen LogP contribution is -2.40. The van der Waals surface area contributed by atoms with E-state index in [0.29, 0.717) is 5.69 Å². The predicted molar refractivity (Wildman–Crippen MR) is 93.8 cm³/mol. The van der Waals surface area contributed by atoms with Crippen molar-refractivity contribution >= 4 is 18.1 Å². The molecule has 0 aliphatic carbocycles. The minimum atomic E-state index is -0.549. The van der Waals surface area contributed by atoms with Gasteiger partial charge in [-0.2, -0.15) is 0 Å². The number of aromatic nitrogens is 1. The van der Waals surface area contributed by atoms with Gasteiger partial charge in [0.15, 0.2) is 0 Å². The number of nitrogens with zero attached hydrogens (tertiary/aromatic N) is 1. The van der Waals surface area contributed by atoms with Crippen LogP contribution >= 0.6 is 0 Å². The van der Waals surface area contributed by atoms with Crippen LogP contribution in [0.4, 0.5) is 4.79 Å². The van der Waals surface area contributed by atoms with E-state index in [9.17, 15) is 9.59 Å². The van der Waals surface area contributed by atoms with Crippen LogP contribution in [0.2, 0.25) is 0 Å². The van der Waals surface area contributed by atoms with E-state index in [1.54, 1.807) is 17.8 Å². The molecule has 1 heterocycles. The SMILES string of the molecule is COC(=O)c1c(/C=C/C(NC(=O)OC(C)(C)C)C(C)C)ccn1C. The van der Waals surface area contributed by atoms with Crippen molar-refractivity contribution in [2.45, 2.75) is 46.3 Å². The molecule has 0 saturated carbocycles. The van der Waals surface area contributed by atoms with Crippen LogP contribution in [0.25, 0.3) is 6.08 Å². The molecule has 0 bridgehead atoms. The van der Waals surface area contributed by atoms with Gasteiger partial charge in [0, 0.05) is 18.8 Å². The van der Waals surface area contributed by atoms with Crippen molar-refractivity contribution in [1.82, 2.24) is 9.88 Å². The Morgan fingerprint density at radius 3 is 2.42 bits per heavy atom. The fourth-order valence-electron chi connectivity index (χ4n) is 2.13. The summed E-state index contributed by atoms with van der Waals surface area (Å²) in [6.07, 6.45) is 4.99. The van der Waals surface area contributed by atoms with Crippen molar-refractivity contribution < 1.29 is 19.1 Å². The van der Waals surface area contributed by atoms with Gasteiger partial charge in [-0.3, -0.25) is 0 Å². The summed E-state index contributed by atoms with van der Waals surface area (Å²) in [6, 6.07) is 1.61. The number of carbonyl (C=O) groups excluding carboxylic acids is 2. The number of alkyl carbamates (subject to hydrolysis) is 1. The van der Waals surface area contributed by atoms with Gasteiger partial charge in [0.05, 0.1) is 13.2 Å². The number of methoxy groups -OCH3 is 1. The number of ether oxygens (including phenoxy) is 2. The highest BCUT2D eigenvalue weighted by Gasteiger charge is 2.20. The number of hydrogen-bond acceptors (Lipinski definition) is 4. The summed E-state index contributed by atoms with van der Waals surface area (Å²) in [5, 5.41) is 2.84. The molecule has 1 aromatic heterocycles. The number of amides is 1. The predicted octanol–water partition coefficient (Wildman–Crippen LogP) is 3.37. The monoisotopic (exact) mass is 336 g/mol. The van der Waals surface area contributed by atoms with E-state index in [0.717, 1.165) is 5.56 Å². The maximum atomic E-state index is 12.0. The Balaban J connectivity index is 2.92. The van der Waals surface area contributed by atoms with E-state index >= 15 is 0 Å². The van der Waals surface area contributed by atoms with Gasteiger partial charge in [0.2, 0.25) is 0 Å². The molecule has 0 aliphatic rings. The third-order valence-electron chi connectivity index (χ3n) is 3.37. The first-order valence-corrected chi connectivity index (χ1v) is 7.96. The van der Waals surface area contributed by atoms with E-state index in [1.165, 1.54) is 7.11 Å². The van der Waals surface area contributed by atoms with Crippen molar-refractivity contribution in [2.24, 2.45) is 13.0 Å². The average Bonchev–Trinajstić information content (AvgIpc) is 2.81. The molecule has 1 rings (SSSR count). The van der Waals surface area contributed by atoms with Gasteiger partial charge in [-0.05, 0) is 32.8 Å². The highest BCUT2D eigenvalue weighted by atomic mass is 16.6. The van der Waals surface area contributed by atoms with Crippen LogP contribution in [0.5, 0.6) is 0 Å². The number of esters is 1. The van der Waals surface area contributed by atoms with E-state index in [1.807, 2.05) is 52.8 Å². The van der Waals surface area contributed by atoms with Crippen LogP contribution in [0.15, 0.2) is 18.3 Å². The zero-order valence-electron chi connectivity index (χ0n) is 15.5. The second-order valence-electron chi connectivity index (χ2n) is 7.00. The lowest BCUT2D eigenvalue weighted by Gasteiger charge is -2.24. The molecule has 24 heavy (non-hydrogen) atoms. The lowest BCUT2D eigenvalue weighted by atomic mass is 10.0. The second-order valence-corrected chi connectivity index (χ2v) is 7.00. The first-order valence-electron chi connectivity index (χ1n) is 7.96. The van der Waals surface area contributed by atoms with Gasteiger partial charge in [-0.15, -0.1) is 0 Å². The molecule has 6 heteroatoms. The Morgan fingerprint density at radius 1 is 1.29 bits per heavy atom. The molecule has 0 aliphatic heterocycles. The Kier molecular flexibility index (Phi) is 6.63. The summed E-state index contributed by atoms with van der Waals surface area (Å²) < 4.78 is 11.8.